The molecule has 0 radical (unpaired) electrons. The maximum absolute atomic E-state index is 5.46. The van der Waals surface area contributed by atoms with E-state index >= 15 is 0 Å². The van der Waals surface area contributed by atoms with Crippen LogP contribution in [-0.4, -0.2) is 43.2 Å². The van der Waals surface area contributed by atoms with E-state index < -0.39 is 0 Å². The van der Waals surface area contributed by atoms with E-state index in [2.05, 4.69) is 41.3 Å². The minimum Gasteiger partial charge on any atom is -0.376 e. The lowest BCUT2D eigenvalue weighted by molar-refractivity contribution is 0.258. The van der Waals surface area contributed by atoms with Crippen LogP contribution in [0.25, 0.3) is 0 Å². The fraction of sp³-hybridized carbons (Fsp3) is 0.500. The Kier molecular flexibility index (Phi) is 4.61. The van der Waals surface area contributed by atoms with Crippen LogP contribution in [-0.2, 0) is 0 Å². The van der Waals surface area contributed by atoms with Crippen LogP contribution >= 0.6 is 12.2 Å². The van der Waals surface area contributed by atoms with E-state index in [0.29, 0.717) is 11.2 Å². The van der Waals surface area contributed by atoms with Crippen molar-refractivity contribution in [1.82, 2.24) is 4.90 Å². The predicted octanol–water partition coefficient (Wildman–Crippen LogP) is 1.87. The zero-order valence-corrected chi connectivity index (χ0v) is 12.4. The number of piperidine rings is 1. The molecule has 3 N–H and O–H groups in total. The monoisotopic (exact) mass is 278 g/mol. The Hall–Kier alpha value is -1.33. The van der Waals surface area contributed by atoms with Crippen LogP contribution in [0.3, 0.4) is 0 Å². The first-order valence-corrected chi connectivity index (χ1v) is 7.05. The Morgan fingerprint density at radius 1 is 1.37 bits per heavy atom. The Balaban J connectivity index is 2.03. The van der Waals surface area contributed by atoms with Crippen molar-refractivity contribution in [3.05, 3.63) is 24.3 Å². The van der Waals surface area contributed by atoms with Gasteiger partial charge in [-0.3, -0.25) is 0 Å². The molecule has 0 saturated carbocycles. The Morgan fingerprint density at radius 2 is 2.05 bits per heavy atom. The fourth-order valence-electron chi connectivity index (χ4n) is 2.51. The summed E-state index contributed by atoms with van der Waals surface area (Å²) in [5.41, 5.74) is 7.67. The summed E-state index contributed by atoms with van der Waals surface area (Å²) < 4.78 is 0. The highest BCUT2D eigenvalue weighted by molar-refractivity contribution is 7.80. The van der Waals surface area contributed by atoms with E-state index in [0.717, 1.165) is 18.8 Å². The number of rotatable bonds is 3. The number of thiocarbonyl (C=S) groups is 1. The molecule has 19 heavy (non-hydrogen) atoms. The number of nitrogens with zero attached hydrogens (tertiary/aromatic N) is 2. The summed E-state index contributed by atoms with van der Waals surface area (Å²) in [6.07, 6.45) is 2.53. The maximum atomic E-state index is 5.46. The molecule has 1 aliphatic heterocycles. The van der Waals surface area contributed by atoms with Crippen LogP contribution < -0.4 is 16.0 Å². The lowest BCUT2D eigenvalue weighted by atomic mass is 10.0. The molecule has 1 aromatic carbocycles. The molecule has 0 aliphatic carbocycles. The summed E-state index contributed by atoms with van der Waals surface area (Å²) in [5, 5.41) is 3.25. The highest BCUT2D eigenvalue weighted by atomic mass is 32.1. The summed E-state index contributed by atoms with van der Waals surface area (Å²) >= 11 is 4.83. The third-order valence-electron chi connectivity index (χ3n) is 3.63. The number of nitrogens with two attached hydrogens (primary N) is 1. The average Bonchev–Trinajstić information content (AvgIpc) is 2.39. The van der Waals surface area contributed by atoms with E-state index in [4.69, 9.17) is 18.0 Å². The van der Waals surface area contributed by atoms with Gasteiger partial charge in [0, 0.05) is 30.5 Å². The first-order valence-electron chi connectivity index (χ1n) is 6.64. The van der Waals surface area contributed by atoms with Gasteiger partial charge in [-0.25, -0.2) is 0 Å². The van der Waals surface area contributed by atoms with Gasteiger partial charge in [-0.15, -0.1) is 0 Å². The predicted molar refractivity (Wildman–Crippen MR) is 85.8 cm³/mol. The van der Waals surface area contributed by atoms with Gasteiger partial charge in [0.1, 0.15) is 0 Å². The molecule has 0 aromatic heterocycles. The molecule has 4 nitrogen and oxygen atoms in total. The normalized spacial score (nSPS) is 19.5. The zero-order valence-electron chi connectivity index (χ0n) is 11.6. The molecule has 0 spiro atoms. The first kappa shape index (κ1) is 14.1. The van der Waals surface area contributed by atoms with Gasteiger partial charge in [0.25, 0.3) is 0 Å². The minimum atomic E-state index is 0.304. The third kappa shape index (κ3) is 3.81. The van der Waals surface area contributed by atoms with Crippen molar-refractivity contribution in [2.45, 2.75) is 18.9 Å². The molecule has 1 saturated heterocycles. The smallest absolute Gasteiger partial charge is 0.168 e. The van der Waals surface area contributed by atoms with Crippen LogP contribution in [0.2, 0.25) is 0 Å². The van der Waals surface area contributed by atoms with Crippen molar-refractivity contribution < 1.29 is 0 Å². The second-order valence-corrected chi connectivity index (χ2v) is 5.68. The topological polar surface area (TPSA) is 44.5 Å². The summed E-state index contributed by atoms with van der Waals surface area (Å²) in [4.78, 5) is 4.76. The zero-order chi connectivity index (χ0) is 13.8. The largest absolute Gasteiger partial charge is 0.376 e. The maximum Gasteiger partial charge on any atom is 0.168 e. The van der Waals surface area contributed by atoms with Gasteiger partial charge >= 0.3 is 0 Å². The molecular formula is C14H22N4S. The summed E-state index contributed by atoms with van der Waals surface area (Å²) in [7, 11) is 4.31. The molecule has 1 heterocycles. The first-order chi connectivity index (χ1) is 9.06. The van der Waals surface area contributed by atoms with Crippen molar-refractivity contribution in [3.63, 3.8) is 0 Å². The highest BCUT2D eigenvalue weighted by Crippen LogP contribution is 2.23. The molecule has 1 aromatic rings. The van der Waals surface area contributed by atoms with E-state index in [1.54, 1.807) is 0 Å². The Morgan fingerprint density at radius 3 is 2.63 bits per heavy atom. The summed E-state index contributed by atoms with van der Waals surface area (Å²) in [6, 6.07) is 8.93. The number of benzene rings is 1. The number of likely N-dealkylation sites (N-methyl/N-ethyl adjacent to an activating group) is 1. The molecule has 1 atom stereocenters. The van der Waals surface area contributed by atoms with Gasteiger partial charge in [-0.05, 0) is 63.4 Å². The van der Waals surface area contributed by atoms with Crippen molar-refractivity contribution in [2.24, 2.45) is 5.73 Å². The fourth-order valence-corrected chi connectivity index (χ4v) is 2.63. The van der Waals surface area contributed by atoms with Gasteiger partial charge in [0.2, 0.25) is 0 Å². The summed E-state index contributed by atoms with van der Waals surface area (Å²) in [6.45, 7) is 2.22. The number of nitrogens with one attached hydrogen (secondary N) is 1. The van der Waals surface area contributed by atoms with Crippen molar-refractivity contribution in [1.29, 1.82) is 0 Å². The molecule has 1 aliphatic rings. The lowest BCUT2D eigenvalue weighted by Crippen LogP contribution is -2.45. The van der Waals surface area contributed by atoms with Crippen molar-refractivity contribution >= 4 is 28.7 Å². The number of anilines is 2. The molecule has 5 heteroatoms. The molecule has 0 bridgehead atoms. The lowest BCUT2D eigenvalue weighted by Gasteiger charge is -2.37. The van der Waals surface area contributed by atoms with Gasteiger partial charge in [-0.2, -0.15) is 0 Å². The molecule has 1 fully saturated rings. The van der Waals surface area contributed by atoms with Crippen LogP contribution in [0, 0.1) is 0 Å². The molecule has 0 amide bonds. The van der Waals surface area contributed by atoms with Crippen molar-refractivity contribution in [3.8, 4) is 0 Å². The second-order valence-electron chi connectivity index (χ2n) is 5.24. The van der Waals surface area contributed by atoms with E-state index in [-0.39, 0.29) is 0 Å². The number of hydrogen-bond donors (Lipinski definition) is 2. The number of hydrogen-bond acceptors (Lipinski definition) is 3. The quantitative estimate of drug-likeness (QED) is 0.827. The average molecular weight is 278 g/mol. The summed E-state index contributed by atoms with van der Waals surface area (Å²) in [5.74, 6) is 0. The molecule has 1 unspecified atom stereocenters. The van der Waals surface area contributed by atoms with Crippen LogP contribution in [0.15, 0.2) is 24.3 Å². The molecule has 104 valence electrons. The van der Waals surface area contributed by atoms with Gasteiger partial charge in [-0.1, -0.05) is 0 Å². The van der Waals surface area contributed by atoms with E-state index in [9.17, 15) is 0 Å². The Bertz CT molecular complexity index is 430. The van der Waals surface area contributed by atoms with Gasteiger partial charge in [0.15, 0.2) is 5.11 Å². The SMILES string of the molecule is CN(C)C1CCCN(c2ccc(NC(N)=S)cc2)C1. The van der Waals surface area contributed by atoms with E-state index in [1.165, 1.54) is 18.5 Å². The molecule has 2 rings (SSSR count). The Labute approximate surface area is 120 Å². The van der Waals surface area contributed by atoms with Crippen LogP contribution in [0.5, 0.6) is 0 Å². The van der Waals surface area contributed by atoms with Crippen molar-refractivity contribution in [2.75, 3.05) is 37.4 Å². The van der Waals surface area contributed by atoms with Crippen LogP contribution in [0.1, 0.15) is 12.8 Å². The standard InChI is InChI=1S/C14H22N4S/c1-17(2)13-4-3-9-18(10-13)12-7-5-11(6-8-12)16-14(15)19/h5-8,13H,3-4,9-10H2,1-2H3,(H3,15,16,19). The van der Waals surface area contributed by atoms with Gasteiger partial charge < -0.3 is 20.9 Å². The molecular weight excluding hydrogens is 256 g/mol. The second kappa shape index (κ2) is 6.21. The van der Waals surface area contributed by atoms with Crippen LogP contribution in [0.4, 0.5) is 11.4 Å². The van der Waals surface area contributed by atoms with Gasteiger partial charge in [0.05, 0.1) is 0 Å². The minimum absolute atomic E-state index is 0.304. The third-order valence-corrected chi connectivity index (χ3v) is 3.73. The van der Waals surface area contributed by atoms with E-state index in [1.807, 2.05) is 12.1 Å². The highest BCUT2D eigenvalue weighted by Gasteiger charge is 2.21.